The Bertz CT molecular complexity index is 800. The summed E-state index contributed by atoms with van der Waals surface area (Å²) in [5, 5.41) is 9.98. The molecule has 0 atom stereocenters. The number of carboxylic acids is 1. The summed E-state index contributed by atoms with van der Waals surface area (Å²) >= 11 is 0. The van der Waals surface area contributed by atoms with Crippen molar-refractivity contribution in [2.75, 3.05) is 0 Å². The largest absolute Gasteiger partial charge is 0.478 e. The molecule has 0 amide bonds. The minimum atomic E-state index is -1.06. The van der Waals surface area contributed by atoms with Crippen LogP contribution in [0.4, 0.5) is 4.39 Å². The smallest absolute Gasteiger partial charge is 0.340 e. The lowest BCUT2D eigenvalue weighted by Crippen LogP contribution is -1.97. The van der Waals surface area contributed by atoms with Gasteiger partial charge in [0.05, 0.1) is 0 Å². The monoisotopic (exact) mass is 270 g/mol. The van der Waals surface area contributed by atoms with Crippen molar-refractivity contribution in [3.05, 3.63) is 59.4 Å². The highest BCUT2D eigenvalue weighted by molar-refractivity contribution is 6.08. The third kappa shape index (κ3) is 1.95. The maximum atomic E-state index is 13.0. The van der Waals surface area contributed by atoms with E-state index in [4.69, 9.17) is 4.42 Å². The first-order valence-corrected chi connectivity index (χ1v) is 6.08. The Morgan fingerprint density at radius 1 is 1.15 bits per heavy atom. The summed E-state index contributed by atoms with van der Waals surface area (Å²) in [6, 6.07) is 10.9. The Kier molecular flexibility index (Phi) is 2.79. The first kappa shape index (κ1) is 12.4. The second-order valence-corrected chi connectivity index (χ2v) is 4.62. The highest BCUT2D eigenvalue weighted by Crippen LogP contribution is 2.34. The molecule has 4 heteroatoms. The molecule has 1 heterocycles. The summed E-state index contributed by atoms with van der Waals surface area (Å²) in [5.41, 5.74) is 2.10. The molecule has 0 fully saturated rings. The van der Waals surface area contributed by atoms with Gasteiger partial charge in [0, 0.05) is 10.9 Å². The van der Waals surface area contributed by atoms with Crippen molar-refractivity contribution in [1.82, 2.24) is 0 Å². The quantitative estimate of drug-likeness (QED) is 0.757. The Morgan fingerprint density at radius 2 is 1.85 bits per heavy atom. The zero-order chi connectivity index (χ0) is 14.3. The number of fused-ring (bicyclic) bond motifs is 1. The number of hydrogen-bond acceptors (Lipinski definition) is 2. The van der Waals surface area contributed by atoms with Gasteiger partial charge in [-0.2, -0.15) is 0 Å². The van der Waals surface area contributed by atoms with Crippen LogP contribution in [-0.2, 0) is 0 Å². The fourth-order valence-corrected chi connectivity index (χ4v) is 2.23. The molecule has 0 radical (unpaired) electrons. The molecule has 100 valence electrons. The number of aryl methyl sites for hydroxylation is 1. The molecule has 20 heavy (non-hydrogen) atoms. The lowest BCUT2D eigenvalue weighted by molar-refractivity contribution is 0.0699. The minimum Gasteiger partial charge on any atom is -0.478 e. The van der Waals surface area contributed by atoms with Gasteiger partial charge in [-0.05, 0) is 43.3 Å². The zero-order valence-corrected chi connectivity index (χ0v) is 10.7. The molecule has 1 N–H and O–H groups in total. The van der Waals surface area contributed by atoms with E-state index in [1.54, 1.807) is 12.1 Å². The molecule has 0 bridgehead atoms. The van der Waals surface area contributed by atoms with Crippen molar-refractivity contribution in [3.63, 3.8) is 0 Å². The Balaban J connectivity index is 2.32. The Morgan fingerprint density at radius 3 is 2.50 bits per heavy atom. The topological polar surface area (TPSA) is 50.4 Å². The Labute approximate surface area is 114 Å². The van der Waals surface area contributed by atoms with Gasteiger partial charge in [0.25, 0.3) is 0 Å². The second-order valence-electron chi connectivity index (χ2n) is 4.62. The molecule has 0 saturated carbocycles. The highest BCUT2D eigenvalue weighted by atomic mass is 19.1. The van der Waals surface area contributed by atoms with Gasteiger partial charge in [0.1, 0.15) is 22.7 Å². The van der Waals surface area contributed by atoms with E-state index >= 15 is 0 Å². The van der Waals surface area contributed by atoms with Crippen molar-refractivity contribution >= 4 is 16.9 Å². The van der Waals surface area contributed by atoms with Gasteiger partial charge in [-0.1, -0.05) is 11.6 Å². The van der Waals surface area contributed by atoms with Crippen LogP contribution in [0, 0.1) is 12.7 Å². The number of rotatable bonds is 2. The van der Waals surface area contributed by atoms with E-state index in [2.05, 4.69) is 0 Å². The molecule has 0 aliphatic rings. The van der Waals surface area contributed by atoms with Crippen LogP contribution in [0.2, 0.25) is 0 Å². The lowest BCUT2D eigenvalue weighted by Gasteiger charge is -1.99. The lowest BCUT2D eigenvalue weighted by atomic mass is 10.0. The number of carboxylic acid groups (broad SMARTS) is 1. The molecule has 0 unspecified atom stereocenters. The van der Waals surface area contributed by atoms with Crippen LogP contribution in [0.1, 0.15) is 15.9 Å². The first-order chi connectivity index (χ1) is 9.56. The predicted molar refractivity (Wildman–Crippen MR) is 73.3 cm³/mol. The molecular weight excluding hydrogens is 259 g/mol. The second kappa shape index (κ2) is 4.49. The summed E-state index contributed by atoms with van der Waals surface area (Å²) in [7, 11) is 0. The van der Waals surface area contributed by atoms with Gasteiger partial charge >= 0.3 is 5.97 Å². The van der Waals surface area contributed by atoms with Crippen LogP contribution < -0.4 is 0 Å². The van der Waals surface area contributed by atoms with Crippen molar-refractivity contribution < 1.29 is 18.7 Å². The maximum absolute atomic E-state index is 13.0. The van der Waals surface area contributed by atoms with E-state index in [1.165, 1.54) is 24.3 Å². The Hall–Kier alpha value is -2.62. The van der Waals surface area contributed by atoms with E-state index in [0.717, 1.165) is 5.56 Å². The number of carbonyl (C=O) groups is 1. The van der Waals surface area contributed by atoms with Crippen LogP contribution >= 0.6 is 0 Å². The summed E-state index contributed by atoms with van der Waals surface area (Å²) in [4.78, 5) is 11.5. The number of furan rings is 1. The third-order valence-electron chi connectivity index (χ3n) is 3.16. The van der Waals surface area contributed by atoms with Crippen LogP contribution in [0.15, 0.2) is 46.9 Å². The van der Waals surface area contributed by atoms with E-state index < -0.39 is 5.97 Å². The van der Waals surface area contributed by atoms with Gasteiger partial charge in [-0.3, -0.25) is 0 Å². The van der Waals surface area contributed by atoms with Crippen LogP contribution in [0.25, 0.3) is 22.3 Å². The van der Waals surface area contributed by atoms with Gasteiger partial charge in [-0.25, -0.2) is 9.18 Å². The third-order valence-corrected chi connectivity index (χ3v) is 3.16. The maximum Gasteiger partial charge on any atom is 0.340 e. The molecule has 1 aromatic heterocycles. The average Bonchev–Trinajstić information content (AvgIpc) is 2.78. The fourth-order valence-electron chi connectivity index (χ4n) is 2.23. The van der Waals surface area contributed by atoms with E-state index in [1.807, 2.05) is 13.0 Å². The van der Waals surface area contributed by atoms with Gasteiger partial charge in [0.2, 0.25) is 0 Å². The number of hydrogen-bond donors (Lipinski definition) is 1. The van der Waals surface area contributed by atoms with Crippen molar-refractivity contribution in [1.29, 1.82) is 0 Å². The van der Waals surface area contributed by atoms with Crippen LogP contribution in [0.5, 0.6) is 0 Å². The number of halogens is 1. The normalized spacial score (nSPS) is 10.9. The molecule has 3 aromatic rings. The summed E-state index contributed by atoms with van der Waals surface area (Å²) in [5.74, 6) is -1.19. The minimum absolute atomic E-state index is 0.107. The van der Waals surface area contributed by atoms with Gasteiger partial charge in [-0.15, -0.1) is 0 Å². The highest BCUT2D eigenvalue weighted by Gasteiger charge is 2.21. The molecule has 2 aromatic carbocycles. The molecule has 0 saturated heterocycles. The SMILES string of the molecule is Cc1ccc2oc(-c3ccc(F)cc3)c(C(=O)O)c2c1. The molecule has 3 rings (SSSR count). The summed E-state index contributed by atoms with van der Waals surface area (Å²) < 4.78 is 18.6. The molecule has 0 aliphatic carbocycles. The van der Waals surface area contributed by atoms with Crippen LogP contribution in [-0.4, -0.2) is 11.1 Å². The number of benzene rings is 2. The standard InChI is InChI=1S/C16H11FO3/c1-9-2-7-13-12(8-9)14(16(18)19)15(20-13)10-3-5-11(17)6-4-10/h2-8H,1H3,(H,18,19). The average molecular weight is 270 g/mol. The van der Waals surface area contributed by atoms with E-state index in [-0.39, 0.29) is 17.1 Å². The predicted octanol–water partition coefficient (Wildman–Crippen LogP) is 4.25. The van der Waals surface area contributed by atoms with Gasteiger partial charge < -0.3 is 9.52 Å². The molecule has 0 aliphatic heterocycles. The van der Waals surface area contributed by atoms with Crippen molar-refractivity contribution in [2.24, 2.45) is 0 Å². The summed E-state index contributed by atoms with van der Waals surface area (Å²) in [6.45, 7) is 1.88. The zero-order valence-electron chi connectivity index (χ0n) is 10.7. The fraction of sp³-hybridized carbons (Fsp3) is 0.0625. The molecule has 0 spiro atoms. The van der Waals surface area contributed by atoms with Crippen LogP contribution in [0.3, 0.4) is 0 Å². The molecule has 3 nitrogen and oxygen atoms in total. The molecular formula is C16H11FO3. The van der Waals surface area contributed by atoms with Crippen molar-refractivity contribution in [2.45, 2.75) is 6.92 Å². The first-order valence-electron chi connectivity index (χ1n) is 6.08. The number of aromatic carboxylic acids is 1. The van der Waals surface area contributed by atoms with E-state index in [9.17, 15) is 14.3 Å². The van der Waals surface area contributed by atoms with Crippen molar-refractivity contribution in [3.8, 4) is 11.3 Å². The van der Waals surface area contributed by atoms with Gasteiger partial charge in [0.15, 0.2) is 0 Å². The van der Waals surface area contributed by atoms with E-state index in [0.29, 0.717) is 16.5 Å². The summed E-state index contributed by atoms with van der Waals surface area (Å²) in [6.07, 6.45) is 0.